The fourth-order valence-electron chi connectivity index (χ4n) is 2.99. The van der Waals surface area contributed by atoms with E-state index >= 15 is 0 Å². The van der Waals surface area contributed by atoms with Crippen molar-refractivity contribution in [3.05, 3.63) is 65.2 Å². The number of aryl methyl sites for hydroxylation is 1. The lowest BCUT2D eigenvalue weighted by molar-refractivity contribution is 0.0522. The normalized spacial score (nSPS) is 18.5. The summed E-state index contributed by atoms with van der Waals surface area (Å²) in [5.41, 5.74) is 3.09. The molecule has 2 atom stereocenters. The molecule has 5 nitrogen and oxygen atoms in total. The minimum atomic E-state index is -0.494. The van der Waals surface area contributed by atoms with Crippen LogP contribution in [0.1, 0.15) is 54.6 Å². The van der Waals surface area contributed by atoms with Crippen LogP contribution < -0.4 is 10.6 Å². The number of benzene rings is 2. The summed E-state index contributed by atoms with van der Waals surface area (Å²) in [7, 11) is 0. The van der Waals surface area contributed by atoms with Gasteiger partial charge in [-0.2, -0.15) is 0 Å². The summed E-state index contributed by atoms with van der Waals surface area (Å²) >= 11 is 0. The number of nitrogens with one attached hydrogen (secondary N) is 2. The fourth-order valence-corrected chi connectivity index (χ4v) is 2.99. The fraction of sp³-hybridized carbons (Fsp3) is 0.364. The van der Waals surface area contributed by atoms with Crippen molar-refractivity contribution in [2.75, 3.05) is 5.32 Å². The number of carbonyl (C=O) groups excluding carboxylic acids is 2. The van der Waals surface area contributed by atoms with E-state index in [2.05, 4.69) is 10.6 Å². The second-order valence-electron chi connectivity index (χ2n) is 8.04. The average Bonchev–Trinajstić information content (AvgIpc) is 3.32. The van der Waals surface area contributed by atoms with Crippen LogP contribution in [0, 0.1) is 6.92 Å². The Kier molecular flexibility index (Phi) is 5.22. The number of ether oxygens (including phenoxy) is 1. The third-order valence-corrected chi connectivity index (χ3v) is 4.37. The zero-order chi connectivity index (χ0) is 19.6. The lowest BCUT2D eigenvalue weighted by atomic mass is 10.1. The van der Waals surface area contributed by atoms with Gasteiger partial charge < -0.3 is 15.4 Å². The molecule has 2 aromatic carbocycles. The van der Waals surface area contributed by atoms with E-state index in [0.29, 0.717) is 11.5 Å². The highest BCUT2D eigenvalue weighted by molar-refractivity contribution is 6.04. The van der Waals surface area contributed by atoms with Gasteiger partial charge in [0, 0.05) is 23.2 Å². The highest BCUT2D eigenvalue weighted by Gasteiger charge is 2.40. The van der Waals surface area contributed by atoms with Crippen LogP contribution in [0.2, 0.25) is 0 Å². The highest BCUT2D eigenvalue weighted by Crippen LogP contribution is 2.41. The van der Waals surface area contributed by atoms with E-state index in [1.54, 1.807) is 6.07 Å². The summed E-state index contributed by atoms with van der Waals surface area (Å²) < 4.78 is 5.29. The molecule has 1 aliphatic rings. The van der Waals surface area contributed by atoms with Gasteiger partial charge in [0.1, 0.15) is 5.60 Å². The molecule has 0 aliphatic heterocycles. The molecule has 5 heteroatoms. The maximum Gasteiger partial charge on any atom is 0.407 e. The first-order chi connectivity index (χ1) is 12.7. The average molecular weight is 366 g/mol. The van der Waals surface area contributed by atoms with E-state index in [-0.39, 0.29) is 18.0 Å². The molecule has 0 bridgehead atoms. The second-order valence-corrected chi connectivity index (χ2v) is 8.04. The Bertz CT molecular complexity index is 837. The monoisotopic (exact) mass is 366 g/mol. The van der Waals surface area contributed by atoms with E-state index in [1.807, 2.05) is 70.2 Å². The number of amides is 2. The van der Waals surface area contributed by atoms with Crippen molar-refractivity contribution < 1.29 is 14.3 Å². The maximum absolute atomic E-state index is 12.3. The molecule has 3 rings (SSSR count). The van der Waals surface area contributed by atoms with Crippen molar-refractivity contribution in [2.24, 2.45) is 0 Å². The van der Waals surface area contributed by atoms with Crippen LogP contribution in [0.5, 0.6) is 0 Å². The molecule has 2 amide bonds. The van der Waals surface area contributed by atoms with Crippen molar-refractivity contribution >= 4 is 17.7 Å². The molecule has 1 aliphatic carbocycles. The van der Waals surface area contributed by atoms with Crippen LogP contribution in [-0.4, -0.2) is 23.6 Å². The highest BCUT2D eigenvalue weighted by atomic mass is 16.6. The van der Waals surface area contributed by atoms with Gasteiger partial charge in [-0.05, 0) is 63.9 Å². The van der Waals surface area contributed by atoms with E-state index in [4.69, 9.17) is 4.74 Å². The smallest absolute Gasteiger partial charge is 0.407 e. The van der Waals surface area contributed by atoms with Gasteiger partial charge in [-0.25, -0.2) is 4.79 Å². The minimum absolute atomic E-state index is 0.104. The summed E-state index contributed by atoms with van der Waals surface area (Å²) in [6.45, 7) is 7.51. The summed E-state index contributed by atoms with van der Waals surface area (Å²) in [5, 5.41) is 5.81. The molecule has 2 aromatic rings. The Morgan fingerprint density at radius 1 is 1.07 bits per heavy atom. The quantitative estimate of drug-likeness (QED) is 0.829. The van der Waals surface area contributed by atoms with E-state index in [1.165, 1.54) is 0 Å². The molecule has 0 saturated heterocycles. The van der Waals surface area contributed by atoms with Gasteiger partial charge in [0.15, 0.2) is 0 Å². The Labute approximate surface area is 160 Å². The lowest BCUT2D eigenvalue weighted by Gasteiger charge is -2.19. The summed E-state index contributed by atoms with van der Waals surface area (Å²) in [6.07, 6.45) is 0.519. The molecule has 27 heavy (non-hydrogen) atoms. The number of carbonyl (C=O) groups is 2. The first-order valence-corrected chi connectivity index (χ1v) is 9.19. The van der Waals surface area contributed by atoms with Crippen LogP contribution in [0.4, 0.5) is 10.5 Å². The lowest BCUT2D eigenvalue weighted by Crippen LogP contribution is -2.34. The van der Waals surface area contributed by atoms with Crippen LogP contribution in [0.15, 0.2) is 48.5 Å². The molecule has 0 spiro atoms. The summed E-state index contributed by atoms with van der Waals surface area (Å²) in [6, 6.07) is 15.4. The van der Waals surface area contributed by atoms with Crippen molar-refractivity contribution in [2.45, 2.75) is 51.7 Å². The number of hydrogen-bond acceptors (Lipinski definition) is 3. The third kappa shape index (κ3) is 5.33. The van der Waals surface area contributed by atoms with Crippen molar-refractivity contribution in [3.8, 4) is 0 Å². The number of hydrogen-bond donors (Lipinski definition) is 2. The topological polar surface area (TPSA) is 67.4 Å². The van der Waals surface area contributed by atoms with E-state index in [0.717, 1.165) is 23.2 Å². The van der Waals surface area contributed by atoms with Gasteiger partial charge in [0.2, 0.25) is 0 Å². The summed E-state index contributed by atoms with van der Waals surface area (Å²) in [4.78, 5) is 24.2. The molecule has 0 aromatic heterocycles. The molecule has 0 heterocycles. The molecular formula is C22H26N2O3. The second kappa shape index (κ2) is 7.43. The van der Waals surface area contributed by atoms with Crippen molar-refractivity contribution in [1.82, 2.24) is 5.32 Å². The van der Waals surface area contributed by atoms with Gasteiger partial charge in [-0.15, -0.1) is 0 Å². The van der Waals surface area contributed by atoms with Crippen LogP contribution >= 0.6 is 0 Å². The van der Waals surface area contributed by atoms with Crippen molar-refractivity contribution in [3.63, 3.8) is 0 Å². The molecule has 1 saturated carbocycles. The van der Waals surface area contributed by atoms with Crippen LogP contribution in [0.25, 0.3) is 0 Å². The Morgan fingerprint density at radius 3 is 2.41 bits per heavy atom. The van der Waals surface area contributed by atoms with Gasteiger partial charge in [0.25, 0.3) is 5.91 Å². The largest absolute Gasteiger partial charge is 0.444 e. The van der Waals surface area contributed by atoms with Gasteiger partial charge in [-0.1, -0.05) is 29.8 Å². The number of alkyl carbamates (subject to hydrolysis) is 1. The van der Waals surface area contributed by atoms with Gasteiger partial charge >= 0.3 is 6.09 Å². The third-order valence-electron chi connectivity index (χ3n) is 4.37. The maximum atomic E-state index is 12.3. The first kappa shape index (κ1) is 19.0. The van der Waals surface area contributed by atoms with E-state index < -0.39 is 5.60 Å². The number of rotatable bonds is 4. The predicted octanol–water partition coefficient (Wildman–Crippen LogP) is 4.63. The number of anilines is 1. The van der Waals surface area contributed by atoms with E-state index in [9.17, 15) is 9.59 Å². The van der Waals surface area contributed by atoms with Gasteiger partial charge in [-0.3, -0.25) is 4.79 Å². The predicted molar refractivity (Wildman–Crippen MR) is 106 cm³/mol. The Morgan fingerprint density at radius 2 is 1.78 bits per heavy atom. The molecular weight excluding hydrogens is 340 g/mol. The Balaban J connectivity index is 1.54. The molecule has 1 fully saturated rings. The van der Waals surface area contributed by atoms with Crippen LogP contribution in [-0.2, 0) is 4.74 Å². The molecule has 0 unspecified atom stereocenters. The van der Waals surface area contributed by atoms with Gasteiger partial charge in [0.05, 0.1) is 0 Å². The standard InChI is InChI=1S/C22H26N2O3/c1-14-6-5-7-16(12-14)20(25)23-17-10-8-15(9-11-17)18-13-19(18)24-21(26)27-22(2,3)4/h5-12,18-19H,13H2,1-4H3,(H,23,25)(H,24,26)/t18-,19+/m0/s1. The van der Waals surface area contributed by atoms with Crippen molar-refractivity contribution in [1.29, 1.82) is 0 Å². The SMILES string of the molecule is Cc1cccc(C(=O)Nc2ccc([C@@H]3C[C@H]3NC(=O)OC(C)(C)C)cc2)c1. The molecule has 2 N–H and O–H groups in total. The minimum Gasteiger partial charge on any atom is -0.444 e. The summed E-state index contributed by atoms with van der Waals surface area (Å²) in [5.74, 6) is 0.168. The molecule has 142 valence electrons. The Hall–Kier alpha value is -2.82. The first-order valence-electron chi connectivity index (χ1n) is 9.19. The zero-order valence-electron chi connectivity index (χ0n) is 16.2. The zero-order valence-corrected chi connectivity index (χ0v) is 16.2. The molecule has 0 radical (unpaired) electrons. The van der Waals surface area contributed by atoms with Crippen LogP contribution in [0.3, 0.4) is 0 Å².